The number of aromatic nitrogens is 2. The number of aryl methyl sites for hydroxylation is 1. The fourth-order valence-electron chi connectivity index (χ4n) is 3.70. The van der Waals surface area contributed by atoms with E-state index in [0.717, 1.165) is 0 Å². The van der Waals surface area contributed by atoms with Crippen LogP contribution in [0.3, 0.4) is 0 Å². The predicted octanol–water partition coefficient (Wildman–Crippen LogP) is 1.52. The Labute approximate surface area is 194 Å². The zero-order valence-corrected chi connectivity index (χ0v) is 20.1. The van der Waals surface area contributed by atoms with E-state index < -0.39 is 10.0 Å². The molecule has 1 aliphatic rings. The predicted molar refractivity (Wildman–Crippen MR) is 126 cm³/mol. The Morgan fingerprint density at radius 2 is 1.82 bits per heavy atom. The summed E-state index contributed by atoms with van der Waals surface area (Å²) in [5, 5.41) is 2.75. The molecule has 0 atom stereocenters. The molecular formula is C22H31N5O5S. The quantitative estimate of drug-likeness (QED) is 0.561. The smallest absolute Gasteiger partial charge is 0.255 e. The monoisotopic (exact) mass is 477 g/mol. The van der Waals surface area contributed by atoms with Gasteiger partial charge in [0.05, 0.1) is 18.1 Å². The van der Waals surface area contributed by atoms with Gasteiger partial charge < -0.3 is 15.0 Å². The Kier molecular flexibility index (Phi) is 8.22. The number of ether oxygens (including phenoxy) is 1. The van der Waals surface area contributed by atoms with Crippen LogP contribution < -0.4 is 15.8 Å². The zero-order valence-electron chi connectivity index (χ0n) is 19.3. The number of amides is 1. The van der Waals surface area contributed by atoms with E-state index in [1.54, 1.807) is 32.9 Å². The van der Waals surface area contributed by atoms with Crippen LogP contribution in [0.4, 0.5) is 11.6 Å². The summed E-state index contributed by atoms with van der Waals surface area (Å²) in [7, 11) is -3.55. The molecule has 180 valence electrons. The Hall–Kier alpha value is -2.76. The molecule has 2 aromatic rings. The lowest BCUT2D eigenvalue weighted by molar-refractivity contribution is -0.116. The molecule has 0 radical (unpaired) electrons. The molecule has 2 N–H and O–H groups in total. The molecular weight excluding hydrogens is 446 g/mol. The van der Waals surface area contributed by atoms with Crippen LogP contribution in [0, 0.1) is 6.92 Å². The van der Waals surface area contributed by atoms with Crippen molar-refractivity contribution in [3.8, 4) is 0 Å². The molecule has 0 unspecified atom stereocenters. The first-order valence-corrected chi connectivity index (χ1v) is 12.5. The molecule has 0 bridgehead atoms. The van der Waals surface area contributed by atoms with E-state index in [1.807, 2.05) is 4.90 Å². The highest BCUT2D eigenvalue weighted by Crippen LogP contribution is 2.19. The number of sulfonamides is 1. The summed E-state index contributed by atoms with van der Waals surface area (Å²) in [6, 6.07) is 6.08. The van der Waals surface area contributed by atoms with Gasteiger partial charge in [-0.3, -0.25) is 14.6 Å². The molecule has 10 nitrogen and oxygen atoms in total. The Morgan fingerprint density at radius 3 is 2.39 bits per heavy atom. The molecule has 33 heavy (non-hydrogen) atoms. The molecule has 0 aliphatic carbocycles. The number of hydrogen-bond acceptors (Lipinski definition) is 7. The van der Waals surface area contributed by atoms with Crippen molar-refractivity contribution in [1.29, 1.82) is 0 Å². The number of aromatic amines is 1. The summed E-state index contributed by atoms with van der Waals surface area (Å²) >= 11 is 0. The van der Waals surface area contributed by atoms with Crippen molar-refractivity contribution >= 4 is 27.6 Å². The number of hydrogen-bond donors (Lipinski definition) is 2. The topological polar surface area (TPSA) is 125 Å². The average Bonchev–Trinajstić information content (AvgIpc) is 2.80. The van der Waals surface area contributed by atoms with Crippen LogP contribution in [0.1, 0.15) is 31.5 Å². The number of morpholine rings is 1. The first-order chi connectivity index (χ1) is 15.8. The van der Waals surface area contributed by atoms with E-state index in [0.29, 0.717) is 62.3 Å². The summed E-state index contributed by atoms with van der Waals surface area (Å²) in [4.78, 5) is 34.4. The van der Waals surface area contributed by atoms with Gasteiger partial charge in [0.2, 0.25) is 21.9 Å². The summed E-state index contributed by atoms with van der Waals surface area (Å²) in [6.45, 7) is 8.62. The lowest BCUT2D eigenvalue weighted by Gasteiger charge is -2.27. The molecule has 1 saturated heterocycles. The van der Waals surface area contributed by atoms with Crippen molar-refractivity contribution in [2.24, 2.45) is 0 Å². The summed E-state index contributed by atoms with van der Waals surface area (Å²) in [5.74, 6) is 0.249. The number of H-pyrrole nitrogens is 1. The third-order valence-electron chi connectivity index (χ3n) is 5.60. The largest absolute Gasteiger partial charge is 0.378 e. The van der Waals surface area contributed by atoms with Crippen LogP contribution in [0.2, 0.25) is 0 Å². The van der Waals surface area contributed by atoms with Crippen LogP contribution in [0.25, 0.3) is 0 Å². The third kappa shape index (κ3) is 5.98. The SMILES string of the molecule is CCN(CC)S(=O)(=O)c1ccc(NC(=O)CCc2c(C)nc(N3CCOCC3)[nH]c2=O)cc1. The summed E-state index contributed by atoms with van der Waals surface area (Å²) in [6.07, 6.45) is 0.347. The highest BCUT2D eigenvalue weighted by atomic mass is 32.2. The van der Waals surface area contributed by atoms with Crippen molar-refractivity contribution in [1.82, 2.24) is 14.3 Å². The lowest BCUT2D eigenvalue weighted by atomic mass is 10.1. The van der Waals surface area contributed by atoms with Crippen molar-refractivity contribution in [2.45, 2.75) is 38.5 Å². The molecule has 1 aromatic heterocycles. The fraction of sp³-hybridized carbons (Fsp3) is 0.500. The normalized spacial score (nSPS) is 14.5. The molecule has 11 heteroatoms. The minimum Gasteiger partial charge on any atom is -0.378 e. The van der Waals surface area contributed by atoms with Gasteiger partial charge >= 0.3 is 0 Å². The van der Waals surface area contributed by atoms with E-state index in [1.165, 1.54) is 16.4 Å². The van der Waals surface area contributed by atoms with Crippen LogP contribution in [0.15, 0.2) is 34.0 Å². The third-order valence-corrected chi connectivity index (χ3v) is 7.67. The fourth-order valence-corrected chi connectivity index (χ4v) is 5.16. The second-order valence-corrected chi connectivity index (χ2v) is 9.65. The lowest BCUT2D eigenvalue weighted by Crippen LogP contribution is -2.38. The van der Waals surface area contributed by atoms with Crippen molar-refractivity contribution in [3.63, 3.8) is 0 Å². The number of rotatable bonds is 9. The van der Waals surface area contributed by atoms with Gasteiger partial charge in [-0.1, -0.05) is 13.8 Å². The van der Waals surface area contributed by atoms with E-state index in [-0.39, 0.29) is 29.2 Å². The molecule has 3 rings (SSSR count). The van der Waals surface area contributed by atoms with Crippen molar-refractivity contribution < 1.29 is 17.9 Å². The number of anilines is 2. The second kappa shape index (κ2) is 10.9. The Morgan fingerprint density at radius 1 is 1.18 bits per heavy atom. The van der Waals surface area contributed by atoms with E-state index in [9.17, 15) is 18.0 Å². The van der Waals surface area contributed by atoms with Gasteiger partial charge in [0, 0.05) is 49.5 Å². The van der Waals surface area contributed by atoms with Gasteiger partial charge in [0.15, 0.2) is 0 Å². The zero-order chi connectivity index (χ0) is 24.0. The molecule has 2 heterocycles. The molecule has 0 saturated carbocycles. The van der Waals surface area contributed by atoms with Crippen LogP contribution in [-0.2, 0) is 26.0 Å². The highest BCUT2D eigenvalue weighted by Gasteiger charge is 2.21. The minimum absolute atomic E-state index is 0.0992. The number of benzene rings is 1. The van der Waals surface area contributed by atoms with Gasteiger partial charge in [-0.25, -0.2) is 13.4 Å². The highest BCUT2D eigenvalue weighted by molar-refractivity contribution is 7.89. The maximum absolute atomic E-state index is 12.6. The first-order valence-electron chi connectivity index (χ1n) is 11.1. The first kappa shape index (κ1) is 24.9. The number of nitrogens with one attached hydrogen (secondary N) is 2. The average molecular weight is 478 g/mol. The molecule has 1 amide bonds. The van der Waals surface area contributed by atoms with Gasteiger partial charge in [-0.2, -0.15) is 4.31 Å². The molecule has 1 fully saturated rings. The summed E-state index contributed by atoms with van der Waals surface area (Å²) < 4.78 is 31.8. The Balaban J connectivity index is 1.61. The van der Waals surface area contributed by atoms with Crippen molar-refractivity contribution in [2.75, 3.05) is 49.6 Å². The minimum atomic E-state index is -3.55. The van der Waals surface area contributed by atoms with Gasteiger partial charge in [0.25, 0.3) is 5.56 Å². The van der Waals surface area contributed by atoms with Gasteiger partial charge in [-0.15, -0.1) is 0 Å². The maximum atomic E-state index is 12.6. The number of carbonyl (C=O) groups excluding carboxylic acids is 1. The second-order valence-electron chi connectivity index (χ2n) is 7.71. The number of carbonyl (C=O) groups is 1. The van der Waals surface area contributed by atoms with E-state index in [2.05, 4.69) is 15.3 Å². The van der Waals surface area contributed by atoms with Crippen LogP contribution >= 0.6 is 0 Å². The van der Waals surface area contributed by atoms with Crippen LogP contribution in [-0.4, -0.2) is 68.0 Å². The Bertz CT molecular complexity index is 1120. The van der Waals surface area contributed by atoms with Gasteiger partial charge in [0.1, 0.15) is 0 Å². The molecule has 1 aromatic carbocycles. The van der Waals surface area contributed by atoms with Gasteiger partial charge in [-0.05, 0) is 37.6 Å². The summed E-state index contributed by atoms with van der Waals surface area (Å²) in [5.41, 5.74) is 1.31. The van der Waals surface area contributed by atoms with Crippen molar-refractivity contribution in [3.05, 3.63) is 45.9 Å². The molecule has 1 aliphatic heterocycles. The standard InChI is InChI=1S/C22H31N5O5S/c1-4-27(5-2)33(30,31)18-8-6-17(7-9-18)24-20(28)11-10-19-16(3)23-22(25-21(19)29)26-12-14-32-15-13-26/h6-9H,4-5,10-15H2,1-3H3,(H,24,28)(H,23,25,29). The van der Waals surface area contributed by atoms with E-state index >= 15 is 0 Å². The van der Waals surface area contributed by atoms with E-state index in [4.69, 9.17) is 4.74 Å². The number of nitrogens with zero attached hydrogens (tertiary/aromatic N) is 3. The van der Waals surface area contributed by atoms with Crippen LogP contribution in [0.5, 0.6) is 0 Å². The molecule has 0 spiro atoms. The maximum Gasteiger partial charge on any atom is 0.255 e.